The van der Waals surface area contributed by atoms with Crippen LogP contribution in [0.25, 0.3) is 11.0 Å². The maximum Gasteiger partial charge on any atom is 0.178 e. The highest BCUT2D eigenvalue weighted by Gasteiger charge is 2.17. The number of nitrogens with zero attached hydrogens (tertiary/aromatic N) is 1. The van der Waals surface area contributed by atoms with Crippen LogP contribution in [0, 0.1) is 16.5 Å². The zero-order valence-corrected chi connectivity index (χ0v) is 10.4. The van der Waals surface area contributed by atoms with Crippen molar-refractivity contribution in [3.05, 3.63) is 28.8 Å². The van der Waals surface area contributed by atoms with E-state index in [1.54, 1.807) is 6.07 Å². The lowest BCUT2D eigenvalue weighted by atomic mass is 9.83. The van der Waals surface area contributed by atoms with E-state index in [1.807, 2.05) is 0 Å². The van der Waals surface area contributed by atoms with Crippen LogP contribution in [-0.4, -0.2) is 9.55 Å². The maximum atomic E-state index is 13.1. The van der Waals surface area contributed by atoms with E-state index < -0.39 is 0 Å². The molecule has 1 aromatic carbocycles. The van der Waals surface area contributed by atoms with Crippen LogP contribution in [-0.2, 0) is 6.54 Å². The van der Waals surface area contributed by atoms with Gasteiger partial charge < -0.3 is 9.55 Å². The lowest BCUT2D eigenvalue weighted by Gasteiger charge is -2.25. The molecule has 0 spiro atoms. The smallest absolute Gasteiger partial charge is 0.178 e. The van der Waals surface area contributed by atoms with Gasteiger partial charge in [0.05, 0.1) is 11.0 Å². The molecule has 0 radical (unpaired) electrons. The molecule has 1 aliphatic carbocycles. The summed E-state index contributed by atoms with van der Waals surface area (Å²) in [6.07, 6.45) is 5.25. The lowest BCUT2D eigenvalue weighted by Crippen LogP contribution is -2.13. The Hall–Kier alpha value is -1.16. The minimum Gasteiger partial charge on any atom is -0.330 e. The van der Waals surface area contributed by atoms with Gasteiger partial charge in [0.15, 0.2) is 4.77 Å². The minimum absolute atomic E-state index is 0.222. The van der Waals surface area contributed by atoms with E-state index in [9.17, 15) is 4.39 Å². The normalized spacial score (nSPS) is 16.3. The molecule has 0 amide bonds. The Bertz CT molecular complexity index is 595. The van der Waals surface area contributed by atoms with Crippen LogP contribution in [0.2, 0.25) is 0 Å². The summed E-state index contributed by atoms with van der Waals surface area (Å²) < 4.78 is 15.9. The molecule has 1 N–H and O–H groups in total. The van der Waals surface area contributed by atoms with E-state index in [4.69, 9.17) is 12.2 Å². The molecule has 0 saturated heterocycles. The van der Waals surface area contributed by atoms with Crippen molar-refractivity contribution in [2.45, 2.75) is 32.2 Å². The molecule has 0 bridgehead atoms. The van der Waals surface area contributed by atoms with Gasteiger partial charge in [0, 0.05) is 6.54 Å². The summed E-state index contributed by atoms with van der Waals surface area (Å²) in [5.74, 6) is 0.641. The molecule has 1 aliphatic rings. The fourth-order valence-corrected chi connectivity index (χ4v) is 2.75. The fraction of sp³-hybridized carbons (Fsp3) is 0.462. The number of rotatable bonds is 3. The lowest BCUT2D eigenvalue weighted by molar-refractivity contribution is 0.283. The first-order valence-corrected chi connectivity index (χ1v) is 6.53. The molecule has 0 aliphatic heterocycles. The zero-order chi connectivity index (χ0) is 11.8. The molecule has 2 nitrogen and oxygen atoms in total. The Morgan fingerprint density at radius 1 is 1.41 bits per heavy atom. The number of H-pyrrole nitrogens is 1. The van der Waals surface area contributed by atoms with Crippen molar-refractivity contribution in [3.63, 3.8) is 0 Å². The third-order valence-electron chi connectivity index (χ3n) is 3.72. The van der Waals surface area contributed by atoms with Crippen molar-refractivity contribution >= 4 is 23.3 Å². The second-order valence-corrected chi connectivity index (χ2v) is 5.22. The van der Waals surface area contributed by atoms with Crippen molar-refractivity contribution < 1.29 is 4.39 Å². The third-order valence-corrected chi connectivity index (χ3v) is 4.04. The molecule has 2 aromatic rings. The van der Waals surface area contributed by atoms with Gasteiger partial charge >= 0.3 is 0 Å². The van der Waals surface area contributed by atoms with Gasteiger partial charge in [-0.05, 0) is 42.8 Å². The van der Waals surface area contributed by atoms with Crippen molar-refractivity contribution in [3.8, 4) is 0 Å². The van der Waals surface area contributed by atoms with Crippen LogP contribution in [0.1, 0.15) is 25.7 Å². The van der Waals surface area contributed by atoms with Gasteiger partial charge in [-0.1, -0.05) is 19.3 Å². The summed E-state index contributed by atoms with van der Waals surface area (Å²) >= 11 is 5.29. The predicted octanol–water partition coefficient (Wildman–Crippen LogP) is 4.03. The van der Waals surface area contributed by atoms with Crippen molar-refractivity contribution in [2.24, 2.45) is 5.92 Å². The number of aryl methyl sites for hydroxylation is 1. The largest absolute Gasteiger partial charge is 0.330 e. The Morgan fingerprint density at radius 3 is 2.94 bits per heavy atom. The van der Waals surface area contributed by atoms with E-state index in [1.165, 1.54) is 37.8 Å². The maximum absolute atomic E-state index is 13.1. The molecule has 3 rings (SSSR count). The average molecular weight is 250 g/mol. The number of fused-ring (bicyclic) bond motifs is 1. The summed E-state index contributed by atoms with van der Waals surface area (Å²) in [6, 6.07) is 4.80. The Morgan fingerprint density at radius 2 is 2.24 bits per heavy atom. The van der Waals surface area contributed by atoms with Crippen LogP contribution < -0.4 is 0 Å². The fourth-order valence-electron chi connectivity index (χ4n) is 2.45. The zero-order valence-electron chi connectivity index (χ0n) is 9.58. The topological polar surface area (TPSA) is 20.7 Å². The highest BCUT2D eigenvalue weighted by atomic mass is 32.1. The Labute approximate surface area is 104 Å². The molecule has 0 atom stereocenters. The van der Waals surface area contributed by atoms with Crippen molar-refractivity contribution in [1.29, 1.82) is 0 Å². The van der Waals surface area contributed by atoms with Crippen LogP contribution in [0.15, 0.2) is 18.2 Å². The minimum atomic E-state index is -0.222. The molecular weight excluding hydrogens is 235 g/mol. The highest BCUT2D eigenvalue weighted by molar-refractivity contribution is 7.71. The molecule has 1 fully saturated rings. The Kier molecular flexibility index (Phi) is 2.74. The van der Waals surface area contributed by atoms with Gasteiger partial charge in [-0.3, -0.25) is 0 Å². The Balaban J connectivity index is 1.91. The first-order chi connectivity index (χ1) is 8.24. The van der Waals surface area contributed by atoms with Gasteiger partial charge in [0.1, 0.15) is 5.82 Å². The van der Waals surface area contributed by atoms with Crippen molar-refractivity contribution in [2.75, 3.05) is 0 Å². The van der Waals surface area contributed by atoms with E-state index in [0.717, 1.165) is 23.5 Å². The quantitative estimate of drug-likeness (QED) is 0.816. The number of hydrogen-bond acceptors (Lipinski definition) is 1. The number of hydrogen-bond donors (Lipinski definition) is 1. The number of halogens is 1. The molecule has 1 heterocycles. The highest BCUT2D eigenvalue weighted by Crippen LogP contribution is 2.30. The number of nitrogens with one attached hydrogen (secondary N) is 1. The number of benzene rings is 1. The standard InChI is InChI=1S/C13H15FN2S/c14-10-4-5-12-11(8-10)15-13(17)16(12)7-6-9-2-1-3-9/h4-5,8-9H,1-3,6-7H2,(H,15,17). The van der Waals surface area contributed by atoms with E-state index in [-0.39, 0.29) is 5.82 Å². The molecule has 17 heavy (non-hydrogen) atoms. The van der Waals surface area contributed by atoms with Gasteiger partial charge in [0.2, 0.25) is 0 Å². The van der Waals surface area contributed by atoms with Crippen LogP contribution in [0.5, 0.6) is 0 Å². The van der Waals surface area contributed by atoms with Gasteiger partial charge in [-0.25, -0.2) is 4.39 Å². The van der Waals surface area contributed by atoms with E-state index >= 15 is 0 Å². The third kappa shape index (κ3) is 2.02. The molecular formula is C13H15FN2S. The van der Waals surface area contributed by atoms with E-state index in [0.29, 0.717) is 4.77 Å². The predicted molar refractivity (Wildman–Crippen MR) is 69.0 cm³/mol. The summed E-state index contributed by atoms with van der Waals surface area (Å²) in [5, 5.41) is 0. The van der Waals surface area contributed by atoms with Gasteiger partial charge in [0.25, 0.3) is 0 Å². The monoisotopic (exact) mass is 250 g/mol. The second-order valence-electron chi connectivity index (χ2n) is 4.83. The number of aromatic amines is 1. The number of aromatic nitrogens is 2. The van der Waals surface area contributed by atoms with Crippen molar-refractivity contribution in [1.82, 2.24) is 9.55 Å². The molecule has 0 unspecified atom stereocenters. The number of imidazole rings is 1. The SMILES string of the molecule is Fc1ccc2c(c1)[nH]c(=S)n2CCC1CCC1. The average Bonchev–Trinajstić information content (AvgIpc) is 2.52. The molecule has 90 valence electrons. The van der Waals surface area contributed by atoms with Crippen LogP contribution in [0.3, 0.4) is 0 Å². The van der Waals surface area contributed by atoms with Crippen LogP contribution in [0.4, 0.5) is 4.39 Å². The van der Waals surface area contributed by atoms with E-state index in [2.05, 4.69) is 9.55 Å². The summed E-state index contributed by atoms with van der Waals surface area (Å²) in [7, 11) is 0. The summed E-state index contributed by atoms with van der Waals surface area (Å²) in [4.78, 5) is 3.07. The van der Waals surface area contributed by atoms with Gasteiger partial charge in [-0.15, -0.1) is 0 Å². The molecule has 1 saturated carbocycles. The second kappa shape index (κ2) is 4.26. The first-order valence-electron chi connectivity index (χ1n) is 6.12. The summed E-state index contributed by atoms with van der Waals surface area (Å²) in [5.41, 5.74) is 1.80. The van der Waals surface area contributed by atoms with Crippen LogP contribution >= 0.6 is 12.2 Å². The molecule has 1 aromatic heterocycles. The van der Waals surface area contributed by atoms with Gasteiger partial charge in [-0.2, -0.15) is 0 Å². The summed E-state index contributed by atoms with van der Waals surface area (Å²) in [6.45, 7) is 0.940. The molecule has 4 heteroatoms. The first kappa shape index (κ1) is 11.0.